The molecule has 1 N–H and O–H groups in total. The van der Waals surface area contributed by atoms with Crippen molar-refractivity contribution in [2.45, 2.75) is 40.5 Å². The minimum atomic E-state index is 0.823. The predicted octanol–water partition coefficient (Wildman–Crippen LogP) is 4.32. The van der Waals surface area contributed by atoms with Gasteiger partial charge in [0.05, 0.1) is 12.3 Å². The zero-order valence-corrected chi connectivity index (χ0v) is 11.0. The summed E-state index contributed by atoms with van der Waals surface area (Å²) in [7, 11) is 0. The Morgan fingerprint density at radius 2 is 1.81 bits per heavy atom. The second-order valence-electron chi connectivity index (χ2n) is 3.33. The quantitative estimate of drug-likeness (QED) is 0.707. The van der Waals surface area contributed by atoms with Crippen molar-refractivity contribution in [2.75, 3.05) is 18.5 Å². The normalized spacial score (nSPS) is 12.2. The molecule has 0 saturated heterocycles. The summed E-state index contributed by atoms with van der Waals surface area (Å²) in [5, 5.41) is 3.30. The third-order valence-corrected chi connectivity index (χ3v) is 1.78. The molecule has 2 nitrogen and oxygen atoms in total. The van der Waals surface area contributed by atoms with Crippen LogP contribution in [0.15, 0.2) is 24.3 Å². The number of benzene rings is 1. The number of hydrogen-bond acceptors (Lipinski definition) is 2. The highest BCUT2D eigenvalue weighted by Crippen LogP contribution is 2.25. The van der Waals surface area contributed by atoms with E-state index in [0.717, 1.165) is 31.0 Å². The summed E-state index contributed by atoms with van der Waals surface area (Å²) >= 11 is 0. The van der Waals surface area contributed by atoms with E-state index < -0.39 is 0 Å². The first-order valence-corrected chi connectivity index (χ1v) is 6.34. The Labute approximate surface area is 100 Å². The van der Waals surface area contributed by atoms with Crippen molar-refractivity contribution in [1.82, 2.24) is 0 Å². The van der Waals surface area contributed by atoms with Crippen LogP contribution < -0.4 is 10.1 Å². The Morgan fingerprint density at radius 3 is 2.50 bits per heavy atom. The van der Waals surface area contributed by atoms with E-state index in [1.807, 2.05) is 38.1 Å². The fraction of sp³-hybridized carbons (Fsp3) is 0.571. The standard InChI is InChI=1S/C9H11NO.C3H8.C2H6/c1-2-5-9-8(4-1)10-6-3-7-11-9;1-3-2;1-2/h1-2,4-5,10H,3,6-7H2;3H2,1-2H3;1-2H3. The fourth-order valence-electron chi connectivity index (χ4n) is 1.22. The Morgan fingerprint density at radius 1 is 1.19 bits per heavy atom. The van der Waals surface area contributed by atoms with Gasteiger partial charge in [-0.25, -0.2) is 0 Å². The van der Waals surface area contributed by atoms with Gasteiger partial charge in [0.25, 0.3) is 0 Å². The molecule has 2 rings (SSSR count). The summed E-state index contributed by atoms with van der Waals surface area (Å²) in [6.45, 7) is 10.1. The van der Waals surface area contributed by atoms with E-state index in [4.69, 9.17) is 4.74 Å². The maximum absolute atomic E-state index is 5.49. The minimum Gasteiger partial charge on any atom is -0.491 e. The number of para-hydroxylation sites is 2. The summed E-state index contributed by atoms with van der Waals surface area (Å²) in [4.78, 5) is 0. The molecule has 0 amide bonds. The molecule has 1 heterocycles. The van der Waals surface area contributed by atoms with Crippen LogP contribution in [0.2, 0.25) is 0 Å². The number of hydrogen-bond donors (Lipinski definition) is 1. The minimum absolute atomic E-state index is 0.823. The van der Waals surface area contributed by atoms with Gasteiger partial charge in [-0.15, -0.1) is 0 Å². The zero-order valence-electron chi connectivity index (χ0n) is 11.0. The number of ether oxygens (including phenoxy) is 1. The van der Waals surface area contributed by atoms with Crippen molar-refractivity contribution in [3.05, 3.63) is 24.3 Å². The highest BCUT2D eigenvalue weighted by atomic mass is 16.5. The Kier molecular flexibility index (Phi) is 9.58. The van der Waals surface area contributed by atoms with Crippen LogP contribution in [0.25, 0.3) is 0 Å². The summed E-state index contributed by atoms with van der Waals surface area (Å²) in [6, 6.07) is 8.04. The highest BCUT2D eigenvalue weighted by Gasteiger charge is 2.04. The lowest BCUT2D eigenvalue weighted by atomic mass is 10.3. The molecule has 2 heteroatoms. The lowest BCUT2D eigenvalue weighted by Gasteiger charge is -2.05. The average molecular weight is 223 g/mol. The molecule has 1 aromatic rings. The van der Waals surface area contributed by atoms with Crippen LogP contribution in [0, 0.1) is 0 Å². The summed E-state index contributed by atoms with van der Waals surface area (Å²) in [5.41, 5.74) is 1.12. The van der Waals surface area contributed by atoms with Gasteiger partial charge in [-0.3, -0.25) is 0 Å². The van der Waals surface area contributed by atoms with E-state index in [0.29, 0.717) is 0 Å². The highest BCUT2D eigenvalue weighted by molar-refractivity contribution is 5.56. The van der Waals surface area contributed by atoms with Gasteiger partial charge in [0.15, 0.2) is 0 Å². The van der Waals surface area contributed by atoms with Gasteiger partial charge in [-0.1, -0.05) is 46.2 Å². The molecule has 0 spiro atoms. The Balaban J connectivity index is 0.000000394. The largest absolute Gasteiger partial charge is 0.491 e. The number of anilines is 1. The molecule has 0 saturated carbocycles. The van der Waals surface area contributed by atoms with Gasteiger partial charge in [0, 0.05) is 6.54 Å². The first-order valence-electron chi connectivity index (χ1n) is 6.34. The maximum Gasteiger partial charge on any atom is 0.142 e. The third kappa shape index (κ3) is 5.64. The van der Waals surface area contributed by atoms with Gasteiger partial charge in [0.2, 0.25) is 0 Å². The summed E-state index contributed by atoms with van der Waals surface area (Å²) in [6.07, 6.45) is 2.33. The average Bonchev–Trinajstić information content (AvgIpc) is 2.57. The molecule has 0 atom stereocenters. The van der Waals surface area contributed by atoms with E-state index in [2.05, 4.69) is 19.2 Å². The van der Waals surface area contributed by atoms with E-state index in [-0.39, 0.29) is 0 Å². The molecule has 16 heavy (non-hydrogen) atoms. The molecular formula is C14H25NO. The molecule has 1 aliphatic heterocycles. The van der Waals surface area contributed by atoms with Crippen LogP contribution in [0.3, 0.4) is 0 Å². The monoisotopic (exact) mass is 223 g/mol. The molecule has 0 fully saturated rings. The molecule has 0 unspecified atom stereocenters. The Hall–Kier alpha value is -1.18. The topological polar surface area (TPSA) is 21.3 Å². The predicted molar refractivity (Wildman–Crippen MR) is 72.4 cm³/mol. The van der Waals surface area contributed by atoms with Gasteiger partial charge in [-0.05, 0) is 18.6 Å². The zero-order chi connectivity index (χ0) is 12.2. The van der Waals surface area contributed by atoms with Crippen molar-refractivity contribution in [1.29, 1.82) is 0 Å². The van der Waals surface area contributed by atoms with Crippen LogP contribution in [0.1, 0.15) is 40.5 Å². The second kappa shape index (κ2) is 10.3. The molecule has 92 valence electrons. The van der Waals surface area contributed by atoms with Crippen LogP contribution in [-0.2, 0) is 0 Å². The van der Waals surface area contributed by atoms with Gasteiger partial charge in [0.1, 0.15) is 5.75 Å². The third-order valence-electron chi connectivity index (χ3n) is 1.78. The molecule has 0 radical (unpaired) electrons. The second-order valence-corrected chi connectivity index (χ2v) is 3.33. The van der Waals surface area contributed by atoms with E-state index in [9.17, 15) is 0 Å². The van der Waals surface area contributed by atoms with Crippen molar-refractivity contribution in [3.63, 3.8) is 0 Å². The molecule has 0 aromatic heterocycles. The number of nitrogens with one attached hydrogen (secondary N) is 1. The number of fused-ring (bicyclic) bond motifs is 1. The van der Waals surface area contributed by atoms with Crippen LogP contribution in [0.4, 0.5) is 5.69 Å². The SMILES string of the molecule is CC.CCC.c1ccc2c(c1)NCCCO2. The maximum atomic E-state index is 5.49. The van der Waals surface area contributed by atoms with Gasteiger partial charge in [-0.2, -0.15) is 0 Å². The lowest BCUT2D eigenvalue weighted by molar-refractivity contribution is 0.323. The van der Waals surface area contributed by atoms with E-state index in [1.165, 1.54) is 6.42 Å². The van der Waals surface area contributed by atoms with Crippen molar-refractivity contribution < 1.29 is 4.74 Å². The fourth-order valence-corrected chi connectivity index (χ4v) is 1.22. The summed E-state index contributed by atoms with van der Waals surface area (Å²) < 4.78 is 5.49. The molecular weight excluding hydrogens is 198 g/mol. The molecule has 0 aliphatic carbocycles. The molecule has 0 bridgehead atoms. The number of rotatable bonds is 0. The molecule has 1 aliphatic rings. The molecule has 1 aromatic carbocycles. The Bertz CT molecular complexity index is 236. The lowest BCUT2D eigenvalue weighted by Crippen LogP contribution is -1.99. The van der Waals surface area contributed by atoms with Crippen molar-refractivity contribution >= 4 is 5.69 Å². The van der Waals surface area contributed by atoms with Crippen molar-refractivity contribution in [2.24, 2.45) is 0 Å². The van der Waals surface area contributed by atoms with Crippen LogP contribution in [0.5, 0.6) is 5.75 Å². The van der Waals surface area contributed by atoms with Gasteiger partial charge < -0.3 is 10.1 Å². The van der Waals surface area contributed by atoms with Crippen LogP contribution in [-0.4, -0.2) is 13.2 Å². The van der Waals surface area contributed by atoms with E-state index >= 15 is 0 Å². The summed E-state index contributed by atoms with van der Waals surface area (Å²) in [5.74, 6) is 0.977. The smallest absolute Gasteiger partial charge is 0.142 e. The van der Waals surface area contributed by atoms with E-state index in [1.54, 1.807) is 0 Å². The first kappa shape index (κ1) is 14.8. The van der Waals surface area contributed by atoms with Crippen molar-refractivity contribution in [3.8, 4) is 5.75 Å². The van der Waals surface area contributed by atoms with Crippen LogP contribution >= 0.6 is 0 Å². The van der Waals surface area contributed by atoms with Gasteiger partial charge >= 0.3 is 0 Å². The first-order chi connectivity index (χ1) is 7.88.